The molecule has 0 spiro atoms. The van der Waals surface area contributed by atoms with Gasteiger partial charge in [0.05, 0.1) is 4.90 Å². The molecule has 7 heteroatoms. The van der Waals surface area contributed by atoms with Crippen LogP contribution in [0.3, 0.4) is 0 Å². The summed E-state index contributed by atoms with van der Waals surface area (Å²) in [5, 5.41) is 3.32. The number of hydrogen-bond acceptors (Lipinski definition) is 3. The normalized spacial score (nSPS) is 23.1. The van der Waals surface area contributed by atoms with Crippen LogP contribution in [0.15, 0.2) is 33.6 Å². The minimum absolute atomic E-state index is 0. The van der Waals surface area contributed by atoms with E-state index in [0.29, 0.717) is 11.4 Å². The van der Waals surface area contributed by atoms with Crippen LogP contribution in [0, 0.1) is 5.41 Å². The standard InChI is InChI=1S/C13H19BrN2O2S.ClH/c1-13(6-3-7-15-9-13)10-16-19(17,18)12-5-2-4-11(14)8-12;/h2,4-5,8,15-16H,3,6-7,9-10H2,1H3;1H. The highest BCUT2D eigenvalue weighted by Gasteiger charge is 2.28. The van der Waals surface area contributed by atoms with E-state index in [4.69, 9.17) is 0 Å². The SMILES string of the molecule is CC1(CNS(=O)(=O)c2cccc(Br)c2)CCCNC1.Cl. The Labute approximate surface area is 135 Å². The van der Waals surface area contributed by atoms with Gasteiger partial charge in [0.15, 0.2) is 0 Å². The van der Waals surface area contributed by atoms with E-state index in [-0.39, 0.29) is 17.8 Å². The van der Waals surface area contributed by atoms with Crippen LogP contribution < -0.4 is 10.0 Å². The molecule has 1 unspecified atom stereocenters. The molecular formula is C13H20BrClN2O2S. The van der Waals surface area contributed by atoms with E-state index in [1.165, 1.54) is 0 Å². The minimum atomic E-state index is -3.43. The number of halogens is 2. The predicted octanol–water partition coefficient (Wildman–Crippen LogP) is 2.54. The second kappa shape index (κ2) is 7.22. The molecule has 0 saturated carbocycles. The van der Waals surface area contributed by atoms with Gasteiger partial charge in [-0.2, -0.15) is 0 Å². The molecule has 0 aromatic heterocycles. The molecule has 4 nitrogen and oxygen atoms in total. The van der Waals surface area contributed by atoms with Crippen molar-refractivity contribution < 1.29 is 8.42 Å². The van der Waals surface area contributed by atoms with Crippen LogP contribution >= 0.6 is 28.3 Å². The van der Waals surface area contributed by atoms with Gasteiger partial charge in [0.1, 0.15) is 0 Å². The third-order valence-corrected chi connectivity index (χ3v) is 5.37. The quantitative estimate of drug-likeness (QED) is 0.840. The van der Waals surface area contributed by atoms with E-state index in [2.05, 4.69) is 32.9 Å². The first-order chi connectivity index (χ1) is 8.91. The Morgan fingerprint density at radius 3 is 2.80 bits per heavy atom. The van der Waals surface area contributed by atoms with Crippen LogP contribution in [0.4, 0.5) is 0 Å². The van der Waals surface area contributed by atoms with Crippen LogP contribution in [0.1, 0.15) is 19.8 Å². The number of benzene rings is 1. The molecule has 0 bridgehead atoms. The van der Waals surface area contributed by atoms with E-state index in [1.54, 1.807) is 18.2 Å². The second-order valence-corrected chi connectivity index (χ2v) is 8.06. The lowest BCUT2D eigenvalue weighted by molar-refractivity contribution is 0.238. The Hall–Kier alpha value is -0.140. The summed E-state index contributed by atoms with van der Waals surface area (Å²) in [6.45, 7) is 4.46. The van der Waals surface area contributed by atoms with Crippen molar-refractivity contribution in [2.24, 2.45) is 5.41 Å². The van der Waals surface area contributed by atoms with Gasteiger partial charge in [-0.25, -0.2) is 13.1 Å². The van der Waals surface area contributed by atoms with Gasteiger partial charge in [-0.05, 0) is 43.0 Å². The number of piperidine rings is 1. The van der Waals surface area contributed by atoms with Gasteiger partial charge in [0, 0.05) is 17.6 Å². The Morgan fingerprint density at radius 2 is 2.20 bits per heavy atom. The maximum Gasteiger partial charge on any atom is 0.240 e. The summed E-state index contributed by atoms with van der Waals surface area (Å²) >= 11 is 3.29. The maximum atomic E-state index is 12.2. The van der Waals surface area contributed by atoms with Crippen LogP contribution in [0.2, 0.25) is 0 Å². The smallest absolute Gasteiger partial charge is 0.240 e. The fourth-order valence-electron chi connectivity index (χ4n) is 2.26. The van der Waals surface area contributed by atoms with Gasteiger partial charge in [-0.15, -0.1) is 12.4 Å². The average Bonchev–Trinajstić information content (AvgIpc) is 2.38. The molecule has 2 N–H and O–H groups in total. The highest BCUT2D eigenvalue weighted by molar-refractivity contribution is 9.10. The first kappa shape index (κ1) is 17.9. The summed E-state index contributed by atoms with van der Waals surface area (Å²) in [4.78, 5) is 0.300. The second-order valence-electron chi connectivity index (χ2n) is 5.37. The van der Waals surface area contributed by atoms with E-state index in [1.807, 2.05) is 6.07 Å². The Morgan fingerprint density at radius 1 is 1.45 bits per heavy atom. The highest BCUT2D eigenvalue weighted by Crippen LogP contribution is 2.25. The lowest BCUT2D eigenvalue weighted by Gasteiger charge is -2.34. The van der Waals surface area contributed by atoms with E-state index in [9.17, 15) is 8.42 Å². The summed E-state index contributed by atoms with van der Waals surface area (Å²) in [7, 11) is -3.43. The van der Waals surface area contributed by atoms with Crippen LogP contribution in [0.25, 0.3) is 0 Å². The fourth-order valence-corrected chi connectivity index (χ4v) is 4.05. The van der Waals surface area contributed by atoms with Gasteiger partial charge >= 0.3 is 0 Å². The third kappa shape index (κ3) is 4.70. The lowest BCUT2D eigenvalue weighted by Crippen LogP contribution is -2.45. The predicted molar refractivity (Wildman–Crippen MR) is 86.8 cm³/mol. The Bertz CT molecular complexity index is 545. The van der Waals surface area contributed by atoms with Crippen LogP contribution in [-0.4, -0.2) is 28.1 Å². The number of rotatable bonds is 4. The molecule has 1 aliphatic heterocycles. The molecular weight excluding hydrogens is 364 g/mol. The zero-order valence-corrected chi connectivity index (χ0v) is 14.6. The molecule has 0 aliphatic carbocycles. The monoisotopic (exact) mass is 382 g/mol. The Kier molecular flexibility index (Phi) is 6.47. The zero-order chi connectivity index (χ0) is 13.9. The number of nitrogens with one attached hydrogen (secondary N) is 2. The fraction of sp³-hybridized carbons (Fsp3) is 0.538. The summed E-state index contributed by atoms with van der Waals surface area (Å²) in [5.74, 6) is 0. The molecule has 1 atom stereocenters. The first-order valence-electron chi connectivity index (χ1n) is 6.37. The molecule has 2 rings (SSSR count). The molecule has 20 heavy (non-hydrogen) atoms. The number of hydrogen-bond donors (Lipinski definition) is 2. The molecule has 1 aliphatic rings. The van der Waals surface area contributed by atoms with Crippen molar-refractivity contribution in [1.82, 2.24) is 10.0 Å². The van der Waals surface area contributed by atoms with E-state index < -0.39 is 10.0 Å². The summed E-state index contributed by atoms with van der Waals surface area (Å²) < 4.78 is 27.9. The van der Waals surface area contributed by atoms with E-state index in [0.717, 1.165) is 30.4 Å². The van der Waals surface area contributed by atoms with Gasteiger partial charge in [0.25, 0.3) is 0 Å². The molecule has 1 saturated heterocycles. The minimum Gasteiger partial charge on any atom is -0.316 e. The third-order valence-electron chi connectivity index (χ3n) is 3.48. The highest BCUT2D eigenvalue weighted by atomic mass is 79.9. The maximum absolute atomic E-state index is 12.2. The van der Waals surface area contributed by atoms with Crippen LogP contribution in [-0.2, 0) is 10.0 Å². The first-order valence-corrected chi connectivity index (χ1v) is 8.65. The molecule has 0 amide bonds. The van der Waals surface area contributed by atoms with Crippen molar-refractivity contribution >= 4 is 38.4 Å². The van der Waals surface area contributed by atoms with Crippen molar-refractivity contribution in [3.05, 3.63) is 28.7 Å². The van der Waals surface area contributed by atoms with Gasteiger partial charge in [-0.1, -0.05) is 28.9 Å². The summed E-state index contributed by atoms with van der Waals surface area (Å²) in [6.07, 6.45) is 2.14. The van der Waals surface area contributed by atoms with Crippen molar-refractivity contribution in [2.75, 3.05) is 19.6 Å². The number of sulfonamides is 1. The summed E-state index contributed by atoms with van der Waals surface area (Å²) in [5.41, 5.74) is -0.00265. The molecule has 1 heterocycles. The van der Waals surface area contributed by atoms with Crippen molar-refractivity contribution in [1.29, 1.82) is 0 Å². The van der Waals surface area contributed by atoms with Gasteiger partial charge in [0.2, 0.25) is 10.0 Å². The zero-order valence-electron chi connectivity index (χ0n) is 11.4. The largest absolute Gasteiger partial charge is 0.316 e. The van der Waals surface area contributed by atoms with Gasteiger partial charge in [-0.3, -0.25) is 0 Å². The molecule has 114 valence electrons. The molecule has 1 fully saturated rings. The van der Waals surface area contributed by atoms with Crippen molar-refractivity contribution in [2.45, 2.75) is 24.7 Å². The van der Waals surface area contributed by atoms with Crippen LogP contribution in [0.5, 0.6) is 0 Å². The lowest BCUT2D eigenvalue weighted by atomic mass is 9.83. The van der Waals surface area contributed by atoms with Crippen molar-refractivity contribution in [3.8, 4) is 0 Å². The van der Waals surface area contributed by atoms with Crippen molar-refractivity contribution in [3.63, 3.8) is 0 Å². The molecule has 1 aromatic rings. The average molecular weight is 384 g/mol. The summed E-state index contributed by atoms with van der Waals surface area (Å²) in [6, 6.07) is 6.76. The van der Waals surface area contributed by atoms with Gasteiger partial charge < -0.3 is 5.32 Å². The topological polar surface area (TPSA) is 58.2 Å². The molecule has 1 aromatic carbocycles. The van der Waals surface area contributed by atoms with E-state index >= 15 is 0 Å². The molecule has 0 radical (unpaired) electrons. The Balaban J connectivity index is 0.00000200.